The summed E-state index contributed by atoms with van der Waals surface area (Å²) in [6.07, 6.45) is 9.52. The van der Waals surface area contributed by atoms with Crippen LogP contribution in [0.3, 0.4) is 0 Å². The van der Waals surface area contributed by atoms with E-state index in [1.54, 1.807) is 4.90 Å². The van der Waals surface area contributed by atoms with Crippen LogP contribution < -0.4 is 5.32 Å². The van der Waals surface area contributed by atoms with Gasteiger partial charge in [0.2, 0.25) is 0 Å². The molecule has 1 rings (SSSR count). The van der Waals surface area contributed by atoms with E-state index >= 15 is 0 Å². The number of nitrogens with zero attached hydrogens (tertiary/aromatic N) is 1. The zero-order valence-corrected chi connectivity index (χ0v) is 15.3. The van der Waals surface area contributed by atoms with Crippen LogP contribution in [0, 0.1) is 0 Å². The highest BCUT2D eigenvalue weighted by Gasteiger charge is 2.28. The van der Waals surface area contributed by atoms with Crippen LogP contribution in [0.15, 0.2) is 0 Å². The molecule has 0 aromatic carbocycles. The first-order valence-electron chi connectivity index (χ1n) is 9.02. The fraction of sp³-hybridized carbons (Fsp3) is 0.944. The van der Waals surface area contributed by atoms with Crippen molar-refractivity contribution in [3.63, 3.8) is 0 Å². The lowest BCUT2D eigenvalue weighted by Crippen LogP contribution is -2.45. The molecule has 1 aliphatic rings. The predicted molar refractivity (Wildman–Crippen MR) is 92.2 cm³/mol. The summed E-state index contributed by atoms with van der Waals surface area (Å²) < 4.78 is 5.45. The Bertz CT molecular complexity index is 318. The average Bonchev–Trinajstić information content (AvgIpc) is 2.45. The third-order valence-electron chi connectivity index (χ3n) is 4.39. The van der Waals surface area contributed by atoms with Crippen LogP contribution in [0.2, 0.25) is 0 Å². The summed E-state index contributed by atoms with van der Waals surface area (Å²) in [4.78, 5) is 13.9. The Morgan fingerprint density at radius 2 is 1.77 bits per heavy atom. The van der Waals surface area contributed by atoms with Crippen LogP contribution in [0.5, 0.6) is 0 Å². The van der Waals surface area contributed by atoms with E-state index in [1.165, 1.54) is 25.7 Å². The number of carbonyl (C=O) groups is 1. The minimum atomic E-state index is -0.414. The van der Waals surface area contributed by atoms with Gasteiger partial charge in [-0.15, -0.1) is 0 Å². The number of amides is 1. The molecule has 1 amide bonds. The Labute approximate surface area is 137 Å². The number of carbonyl (C=O) groups excluding carboxylic acids is 1. The molecular formula is C18H36N2O2. The second-order valence-electron chi connectivity index (χ2n) is 7.61. The largest absolute Gasteiger partial charge is 0.444 e. The molecule has 1 aliphatic carbocycles. The van der Waals surface area contributed by atoms with Crippen LogP contribution in [0.1, 0.15) is 79.1 Å². The Morgan fingerprint density at radius 3 is 2.32 bits per heavy atom. The quantitative estimate of drug-likeness (QED) is 0.711. The summed E-state index contributed by atoms with van der Waals surface area (Å²) in [5.74, 6) is 0. The molecule has 0 bridgehead atoms. The topological polar surface area (TPSA) is 41.6 Å². The summed E-state index contributed by atoms with van der Waals surface area (Å²) in [6.45, 7) is 9.13. The third kappa shape index (κ3) is 7.48. The first-order chi connectivity index (χ1) is 10.3. The molecule has 4 heteroatoms. The lowest BCUT2D eigenvalue weighted by molar-refractivity contribution is 0.0179. The van der Waals surface area contributed by atoms with Crippen molar-refractivity contribution in [3.05, 3.63) is 0 Å². The SMILES string of the molecule is CCCCCCNC1CCC(N(C)C(=O)OC(C)(C)C)CC1. The van der Waals surface area contributed by atoms with Gasteiger partial charge in [0.1, 0.15) is 5.60 Å². The van der Waals surface area contributed by atoms with E-state index in [0.717, 1.165) is 32.2 Å². The van der Waals surface area contributed by atoms with Crippen molar-refractivity contribution in [2.45, 2.75) is 96.7 Å². The minimum Gasteiger partial charge on any atom is -0.444 e. The summed E-state index contributed by atoms with van der Waals surface area (Å²) in [7, 11) is 1.87. The smallest absolute Gasteiger partial charge is 0.410 e. The van der Waals surface area contributed by atoms with E-state index in [9.17, 15) is 4.79 Å². The van der Waals surface area contributed by atoms with Crippen LogP contribution >= 0.6 is 0 Å². The summed E-state index contributed by atoms with van der Waals surface area (Å²) >= 11 is 0. The lowest BCUT2D eigenvalue weighted by Gasteiger charge is -2.35. The fourth-order valence-electron chi connectivity index (χ4n) is 3.01. The molecule has 0 aromatic heterocycles. The molecule has 4 nitrogen and oxygen atoms in total. The van der Waals surface area contributed by atoms with Crippen LogP contribution in [0.25, 0.3) is 0 Å². The zero-order valence-electron chi connectivity index (χ0n) is 15.3. The molecule has 0 aromatic rings. The molecular weight excluding hydrogens is 276 g/mol. The molecule has 0 heterocycles. The van der Waals surface area contributed by atoms with Crippen molar-refractivity contribution in [1.29, 1.82) is 0 Å². The van der Waals surface area contributed by atoms with Gasteiger partial charge in [-0.3, -0.25) is 0 Å². The standard InChI is InChI=1S/C18H36N2O2/c1-6-7-8-9-14-19-15-10-12-16(13-11-15)20(5)17(21)22-18(2,3)4/h15-16,19H,6-14H2,1-5H3. The molecule has 0 spiro atoms. The number of hydrogen-bond donors (Lipinski definition) is 1. The van der Waals surface area contributed by atoms with Gasteiger partial charge in [-0.1, -0.05) is 26.2 Å². The van der Waals surface area contributed by atoms with E-state index in [0.29, 0.717) is 12.1 Å². The van der Waals surface area contributed by atoms with Gasteiger partial charge in [0.05, 0.1) is 0 Å². The van der Waals surface area contributed by atoms with E-state index in [1.807, 2.05) is 27.8 Å². The molecule has 0 atom stereocenters. The molecule has 1 fully saturated rings. The monoisotopic (exact) mass is 312 g/mol. The number of ether oxygens (including phenoxy) is 1. The van der Waals surface area contributed by atoms with Crippen molar-refractivity contribution in [1.82, 2.24) is 10.2 Å². The average molecular weight is 312 g/mol. The highest BCUT2D eigenvalue weighted by atomic mass is 16.6. The number of rotatable bonds is 7. The summed E-state index contributed by atoms with van der Waals surface area (Å²) in [6, 6.07) is 0.956. The van der Waals surface area contributed by atoms with Crippen molar-refractivity contribution in [2.75, 3.05) is 13.6 Å². The van der Waals surface area contributed by atoms with Crippen molar-refractivity contribution < 1.29 is 9.53 Å². The third-order valence-corrected chi connectivity index (χ3v) is 4.39. The first-order valence-corrected chi connectivity index (χ1v) is 9.02. The highest BCUT2D eigenvalue weighted by molar-refractivity contribution is 5.68. The zero-order chi connectivity index (χ0) is 16.6. The van der Waals surface area contributed by atoms with Gasteiger partial charge in [0.15, 0.2) is 0 Å². The molecule has 0 saturated heterocycles. The Balaban J connectivity index is 2.22. The van der Waals surface area contributed by atoms with E-state index < -0.39 is 5.60 Å². The van der Waals surface area contributed by atoms with Crippen molar-refractivity contribution in [3.8, 4) is 0 Å². The maximum Gasteiger partial charge on any atom is 0.410 e. The second-order valence-corrected chi connectivity index (χ2v) is 7.61. The normalized spacial score (nSPS) is 22.4. The summed E-state index contributed by atoms with van der Waals surface area (Å²) in [5, 5.41) is 3.67. The molecule has 1 N–H and O–H groups in total. The van der Waals surface area contributed by atoms with E-state index in [4.69, 9.17) is 4.74 Å². The highest BCUT2D eigenvalue weighted by Crippen LogP contribution is 2.24. The van der Waals surface area contributed by atoms with Crippen LogP contribution in [-0.2, 0) is 4.74 Å². The van der Waals surface area contributed by atoms with E-state index in [-0.39, 0.29) is 6.09 Å². The van der Waals surface area contributed by atoms with Crippen molar-refractivity contribution >= 4 is 6.09 Å². The van der Waals surface area contributed by atoms with Gasteiger partial charge in [-0.25, -0.2) is 4.79 Å². The number of unbranched alkanes of at least 4 members (excludes halogenated alkanes) is 3. The Hall–Kier alpha value is -0.770. The van der Waals surface area contributed by atoms with Gasteiger partial charge in [0, 0.05) is 19.1 Å². The fourth-order valence-corrected chi connectivity index (χ4v) is 3.01. The molecule has 0 unspecified atom stereocenters. The van der Waals surface area contributed by atoms with E-state index in [2.05, 4.69) is 12.2 Å². The Kier molecular flexibility index (Phi) is 8.23. The molecule has 22 heavy (non-hydrogen) atoms. The lowest BCUT2D eigenvalue weighted by atomic mass is 9.90. The summed E-state index contributed by atoms with van der Waals surface area (Å²) in [5.41, 5.74) is -0.414. The van der Waals surface area contributed by atoms with Gasteiger partial charge < -0.3 is 15.0 Å². The molecule has 0 radical (unpaired) electrons. The van der Waals surface area contributed by atoms with Gasteiger partial charge in [0.25, 0.3) is 0 Å². The predicted octanol–water partition coefficient (Wildman–Crippen LogP) is 4.33. The van der Waals surface area contributed by atoms with Gasteiger partial charge >= 0.3 is 6.09 Å². The van der Waals surface area contributed by atoms with Gasteiger partial charge in [-0.2, -0.15) is 0 Å². The Morgan fingerprint density at radius 1 is 1.14 bits per heavy atom. The van der Waals surface area contributed by atoms with Gasteiger partial charge in [-0.05, 0) is 59.4 Å². The molecule has 0 aliphatic heterocycles. The van der Waals surface area contributed by atoms with Crippen molar-refractivity contribution in [2.24, 2.45) is 0 Å². The van der Waals surface area contributed by atoms with Crippen LogP contribution in [0.4, 0.5) is 4.79 Å². The van der Waals surface area contributed by atoms with Crippen LogP contribution in [-0.4, -0.2) is 42.3 Å². The number of nitrogens with one attached hydrogen (secondary N) is 1. The maximum atomic E-state index is 12.1. The first kappa shape index (κ1) is 19.3. The maximum absolute atomic E-state index is 12.1. The molecule has 130 valence electrons. The molecule has 1 saturated carbocycles. The second kappa shape index (κ2) is 9.39. The number of hydrogen-bond acceptors (Lipinski definition) is 3. The minimum absolute atomic E-state index is 0.191.